The van der Waals surface area contributed by atoms with Crippen molar-refractivity contribution in [2.45, 2.75) is 37.6 Å². The summed E-state index contributed by atoms with van der Waals surface area (Å²) in [6.45, 7) is 4.89. The van der Waals surface area contributed by atoms with Crippen LogP contribution in [0.4, 0.5) is 5.82 Å². The largest absolute Gasteiger partial charge is 0.356 e. The first-order valence-electron chi connectivity index (χ1n) is 11.3. The molecule has 2 aromatic carbocycles. The van der Waals surface area contributed by atoms with Gasteiger partial charge in [0.25, 0.3) is 0 Å². The molecule has 0 aliphatic carbocycles. The van der Waals surface area contributed by atoms with E-state index in [1.165, 1.54) is 0 Å². The molecule has 0 atom stereocenters. The summed E-state index contributed by atoms with van der Waals surface area (Å²) in [4.78, 5) is 12.5. The number of sulfonamides is 1. The minimum Gasteiger partial charge on any atom is -0.356 e. The number of anilines is 1. The molecule has 2 aliphatic rings. The second-order valence-electron chi connectivity index (χ2n) is 8.73. The van der Waals surface area contributed by atoms with Crippen molar-refractivity contribution in [2.24, 2.45) is 5.92 Å². The van der Waals surface area contributed by atoms with Gasteiger partial charge in [0, 0.05) is 43.7 Å². The van der Waals surface area contributed by atoms with Gasteiger partial charge in [-0.25, -0.2) is 18.4 Å². The Labute approximate surface area is 190 Å². The van der Waals surface area contributed by atoms with Crippen molar-refractivity contribution >= 4 is 15.8 Å². The molecule has 0 unspecified atom stereocenters. The molecule has 7 heteroatoms. The molecule has 3 aromatic rings. The lowest BCUT2D eigenvalue weighted by atomic mass is 9.98. The Morgan fingerprint density at radius 3 is 2.22 bits per heavy atom. The van der Waals surface area contributed by atoms with Gasteiger partial charge in [-0.05, 0) is 30.9 Å². The molecule has 32 heavy (non-hydrogen) atoms. The first-order valence-corrected chi connectivity index (χ1v) is 12.7. The molecule has 0 spiro atoms. The van der Waals surface area contributed by atoms with Gasteiger partial charge in [0.1, 0.15) is 5.82 Å². The highest BCUT2D eigenvalue weighted by Crippen LogP contribution is 2.33. The molecular formula is C25H28N4O2S. The third kappa shape index (κ3) is 4.02. The van der Waals surface area contributed by atoms with E-state index in [-0.39, 0.29) is 0 Å². The van der Waals surface area contributed by atoms with Crippen LogP contribution in [-0.2, 0) is 23.0 Å². The molecule has 6 nitrogen and oxygen atoms in total. The zero-order valence-electron chi connectivity index (χ0n) is 18.3. The minimum atomic E-state index is -3.56. The lowest BCUT2D eigenvalue weighted by Gasteiger charge is -2.35. The van der Waals surface area contributed by atoms with Crippen LogP contribution >= 0.6 is 0 Å². The number of aromatic nitrogens is 2. The topological polar surface area (TPSA) is 66.4 Å². The summed E-state index contributed by atoms with van der Waals surface area (Å²) in [6, 6.07) is 18.7. The van der Waals surface area contributed by atoms with Gasteiger partial charge >= 0.3 is 0 Å². The van der Waals surface area contributed by atoms with E-state index in [0.717, 1.165) is 54.4 Å². The maximum Gasteiger partial charge on any atom is 0.243 e. The fourth-order valence-corrected chi connectivity index (χ4v) is 5.95. The Hall–Kier alpha value is -2.77. The van der Waals surface area contributed by atoms with Gasteiger partial charge in [-0.1, -0.05) is 55.5 Å². The highest BCUT2D eigenvalue weighted by atomic mass is 32.2. The fourth-order valence-electron chi connectivity index (χ4n) is 4.52. The quantitative estimate of drug-likeness (QED) is 0.601. The first-order chi connectivity index (χ1) is 15.5. The van der Waals surface area contributed by atoms with E-state index < -0.39 is 10.0 Å². The van der Waals surface area contributed by atoms with Crippen LogP contribution in [0, 0.1) is 5.92 Å². The van der Waals surface area contributed by atoms with E-state index in [9.17, 15) is 8.42 Å². The Morgan fingerprint density at radius 1 is 0.875 bits per heavy atom. The van der Waals surface area contributed by atoms with Crippen LogP contribution in [0.15, 0.2) is 65.6 Å². The number of fused-ring (bicyclic) bond motifs is 1. The summed E-state index contributed by atoms with van der Waals surface area (Å²) < 4.78 is 28.2. The molecule has 5 rings (SSSR count). The summed E-state index contributed by atoms with van der Waals surface area (Å²) in [7, 11) is -3.56. The van der Waals surface area contributed by atoms with E-state index in [1.54, 1.807) is 28.6 Å². The molecule has 166 valence electrons. The van der Waals surface area contributed by atoms with Crippen molar-refractivity contribution in [1.29, 1.82) is 0 Å². The number of benzene rings is 2. The van der Waals surface area contributed by atoms with Crippen LogP contribution in [0.5, 0.6) is 0 Å². The van der Waals surface area contributed by atoms with Crippen LogP contribution in [0.2, 0.25) is 0 Å². The lowest BCUT2D eigenvalue weighted by molar-refractivity contribution is 0.384. The second kappa shape index (κ2) is 8.64. The Bertz CT molecular complexity index is 1190. The molecular weight excluding hydrogens is 420 g/mol. The zero-order valence-corrected chi connectivity index (χ0v) is 19.1. The zero-order chi connectivity index (χ0) is 22.1. The molecule has 3 heterocycles. The van der Waals surface area contributed by atoms with Crippen LogP contribution in [0.1, 0.15) is 31.0 Å². The average molecular weight is 449 g/mol. The average Bonchev–Trinajstić information content (AvgIpc) is 2.84. The Kier molecular flexibility index (Phi) is 5.69. The van der Waals surface area contributed by atoms with Crippen LogP contribution < -0.4 is 4.90 Å². The number of hydrogen-bond donors (Lipinski definition) is 0. The standard InChI is InChI=1S/C25H28N4O2S/c1-19-12-15-28(16-13-19)25-22-18-29(32(30,31)21-10-6-3-7-11-21)17-14-23(22)26-24(27-25)20-8-4-2-5-9-20/h2-11,19H,12-18H2,1H3. The molecule has 0 amide bonds. The van der Waals surface area contributed by atoms with Gasteiger partial charge in [0.15, 0.2) is 5.82 Å². The summed E-state index contributed by atoms with van der Waals surface area (Å²) >= 11 is 0. The molecule has 0 saturated carbocycles. The summed E-state index contributed by atoms with van der Waals surface area (Å²) in [5.74, 6) is 2.32. The summed E-state index contributed by atoms with van der Waals surface area (Å²) in [6.07, 6.45) is 2.82. The van der Waals surface area contributed by atoms with Gasteiger partial charge in [0.2, 0.25) is 10.0 Å². The molecule has 1 fully saturated rings. The Morgan fingerprint density at radius 2 is 1.53 bits per heavy atom. The molecule has 2 aliphatic heterocycles. The van der Waals surface area contributed by atoms with E-state index in [0.29, 0.717) is 30.3 Å². The first kappa shape index (κ1) is 21.1. The molecule has 1 saturated heterocycles. The predicted molar refractivity (Wildman–Crippen MR) is 126 cm³/mol. The SMILES string of the molecule is CC1CCN(c2nc(-c3ccccc3)nc3c2CN(S(=O)(=O)c2ccccc2)CC3)CC1. The monoisotopic (exact) mass is 448 g/mol. The fraction of sp³-hybridized carbons (Fsp3) is 0.360. The van der Waals surface area contributed by atoms with Gasteiger partial charge in [-0.15, -0.1) is 0 Å². The van der Waals surface area contributed by atoms with E-state index in [1.807, 2.05) is 36.4 Å². The van der Waals surface area contributed by atoms with Crippen molar-refractivity contribution in [3.63, 3.8) is 0 Å². The lowest BCUT2D eigenvalue weighted by Crippen LogP contribution is -2.39. The highest BCUT2D eigenvalue weighted by Gasteiger charge is 2.33. The van der Waals surface area contributed by atoms with E-state index in [4.69, 9.17) is 9.97 Å². The van der Waals surface area contributed by atoms with Gasteiger partial charge in [-0.2, -0.15) is 4.31 Å². The smallest absolute Gasteiger partial charge is 0.243 e. The molecule has 0 radical (unpaired) electrons. The number of nitrogens with zero attached hydrogens (tertiary/aromatic N) is 4. The van der Waals surface area contributed by atoms with Gasteiger partial charge in [-0.3, -0.25) is 0 Å². The van der Waals surface area contributed by atoms with Crippen LogP contribution in [-0.4, -0.2) is 42.3 Å². The number of rotatable bonds is 4. The van der Waals surface area contributed by atoms with Crippen molar-refractivity contribution in [1.82, 2.24) is 14.3 Å². The van der Waals surface area contributed by atoms with Crippen molar-refractivity contribution in [3.05, 3.63) is 71.9 Å². The van der Waals surface area contributed by atoms with Crippen molar-refractivity contribution in [2.75, 3.05) is 24.5 Å². The maximum atomic E-state index is 13.3. The predicted octanol–water partition coefficient (Wildman–Crippen LogP) is 4.13. The summed E-state index contributed by atoms with van der Waals surface area (Å²) in [5, 5.41) is 0. The summed E-state index contributed by atoms with van der Waals surface area (Å²) in [5.41, 5.74) is 2.90. The van der Waals surface area contributed by atoms with E-state index in [2.05, 4.69) is 11.8 Å². The van der Waals surface area contributed by atoms with Gasteiger partial charge in [0.05, 0.1) is 10.6 Å². The van der Waals surface area contributed by atoms with Crippen LogP contribution in [0.25, 0.3) is 11.4 Å². The van der Waals surface area contributed by atoms with Crippen molar-refractivity contribution in [3.8, 4) is 11.4 Å². The maximum absolute atomic E-state index is 13.3. The minimum absolute atomic E-state index is 0.309. The number of hydrogen-bond acceptors (Lipinski definition) is 5. The normalized spacial score (nSPS) is 17.8. The highest BCUT2D eigenvalue weighted by molar-refractivity contribution is 7.89. The molecule has 0 bridgehead atoms. The van der Waals surface area contributed by atoms with Crippen LogP contribution in [0.3, 0.4) is 0 Å². The van der Waals surface area contributed by atoms with Crippen molar-refractivity contribution < 1.29 is 8.42 Å². The second-order valence-corrected chi connectivity index (χ2v) is 10.7. The number of piperidine rings is 1. The Balaban J connectivity index is 1.55. The third-order valence-electron chi connectivity index (χ3n) is 6.50. The van der Waals surface area contributed by atoms with Gasteiger partial charge < -0.3 is 4.90 Å². The van der Waals surface area contributed by atoms with E-state index >= 15 is 0 Å². The molecule has 0 N–H and O–H groups in total. The third-order valence-corrected chi connectivity index (χ3v) is 8.36. The molecule has 1 aromatic heterocycles.